The van der Waals surface area contributed by atoms with Gasteiger partial charge in [0.05, 0.1) is 26.2 Å². The molecule has 0 spiro atoms. The Morgan fingerprint density at radius 2 is 2.00 bits per heavy atom. The summed E-state index contributed by atoms with van der Waals surface area (Å²) in [4.78, 5) is 23.6. The van der Waals surface area contributed by atoms with Gasteiger partial charge < -0.3 is 14.2 Å². The van der Waals surface area contributed by atoms with Crippen LogP contribution in [0.25, 0.3) is 6.08 Å². The SMILES string of the molecule is COC(=O)C1CCOC(CC(=O)/C=C/c2ccc(OC)cc2)C1. The van der Waals surface area contributed by atoms with E-state index in [-0.39, 0.29) is 30.2 Å². The minimum Gasteiger partial charge on any atom is -0.497 e. The summed E-state index contributed by atoms with van der Waals surface area (Å²) in [5.41, 5.74) is 0.927. The van der Waals surface area contributed by atoms with Crippen LogP contribution in [0.3, 0.4) is 0 Å². The van der Waals surface area contributed by atoms with Crippen molar-refractivity contribution < 1.29 is 23.8 Å². The van der Waals surface area contributed by atoms with Gasteiger partial charge in [-0.05, 0) is 36.6 Å². The van der Waals surface area contributed by atoms with Gasteiger partial charge in [0.1, 0.15) is 5.75 Å². The van der Waals surface area contributed by atoms with Crippen molar-refractivity contribution in [2.75, 3.05) is 20.8 Å². The summed E-state index contributed by atoms with van der Waals surface area (Å²) in [7, 11) is 3.00. The van der Waals surface area contributed by atoms with Crippen LogP contribution in [0.5, 0.6) is 5.75 Å². The van der Waals surface area contributed by atoms with Crippen LogP contribution in [0.1, 0.15) is 24.8 Å². The number of methoxy groups -OCH3 is 2. The summed E-state index contributed by atoms with van der Waals surface area (Å²) >= 11 is 0. The second-order valence-corrected chi connectivity index (χ2v) is 5.51. The first-order valence-electron chi connectivity index (χ1n) is 7.66. The van der Waals surface area contributed by atoms with Crippen LogP contribution >= 0.6 is 0 Å². The highest BCUT2D eigenvalue weighted by Crippen LogP contribution is 2.23. The van der Waals surface area contributed by atoms with Gasteiger partial charge in [0.25, 0.3) is 0 Å². The molecule has 0 saturated carbocycles. The van der Waals surface area contributed by atoms with Crippen molar-refractivity contribution in [3.63, 3.8) is 0 Å². The molecule has 0 aliphatic carbocycles. The van der Waals surface area contributed by atoms with Crippen LogP contribution in [-0.4, -0.2) is 38.7 Å². The lowest BCUT2D eigenvalue weighted by atomic mass is 9.93. The maximum absolute atomic E-state index is 12.0. The molecule has 1 heterocycles. The molecule has 1 aliphatic heterocycles. The summed E-state index contributed by atoms with van der Waals surface area (Å²) in [6.07, 6.45) is 4.56. The molecule has 1 aromatic rings. The molecule has 0 amide bonds. The van der Waals surface area contributed by atoms with Gasteiger partial charge in [-0.3, -0.25) is 9.59 Å². The Kier molecular flexibility index (Phi) is 6.35. The minimum atomic E-state index is -0.223. The predicted molar refractivity (Wildman–Crippen MR) is 86.1 cm³/mol. The Morgan fingerprint density at radius 1 is 1.26 bits per heavy atom. The van der Waals surface area contributed by atoms with Crippen LogP contribution in [0.15, 0.2) is 30.3 Å². The highest BCUT2D eigenvalue weighted by molar-refractivity contribution is 5.93. The van der Waals surface area contributed by atoms with Gasteiger partial charge in [0, 0.05) is 13.0 Å². The van der Waals surface area contributed by atoms with E-state index in [2.05, 4.69) is 0 Å². The van der Waals surface area contributed by atoms with Crippen molar-refractivity contribution in [3.8, 4) is 5.75 Å². The molecule has 0 N–H and O–H groups in total. The molecule has 1 aromatic carbocycles. The number of carbonyl (C=O) groups excluding carboxylic acids is 2. The Labute approximate surface area is 136 Å². The fourth-order valence-corrected chi connectivity index (χ4v) is 2.60. The zero-order chi connectivity index (χ0) is 16.7. The summed E-state index contributed by atoms with van der Waals surface area (Å²) < 4.78 is 15.4. The van der Waals surface area contributed by atoms with Crippen molar-refractivity contribution >= 4 is 17.8 Å². The molecular formula is C18H22O5. The first-order chi connectivity index (χ1) is 11.1. The summed E-state index contributed by atoms with van der Waals surface area (Å²) in [6.45, 7) is 0.486. The fraction of sp³-hybridized carbons (Fsp3) is 0.444. The van der Waals surface area contributed by atoms with E-state index in [1.807, 2.05) is 24.3 Å². The van der Waals surface area contributed by atoms with Crippen LogP contribution < -0.4 is 4.74 Å². The largest absolute Gasteiger partial charge is 0.497 e. The summed E-state index contributed by atoms with van der Waals surface area (Å²) in [5, 5.41) is 0. The number of esters is 1. The van der Waals surface area contributed by atoms with Gasteiger partial charge in [-0.1, -0.05) is 18.2 Å². The highest BCUT2D eigenvalue weighted by Gasteiger charge is 2.29. The summed E-state index contributed by atoms with van der Waals surface area (Å²) in [6, 6.07) is 7.45. The molecule has 5 nitrogen and oxygen atoms in total. The van der Waals surface area contributed by atoms with Gasteiger partial charge in [0.2, 0.25) is 0 Å². The van der Waals surface area contributed by atoms with Crippen LogP contribution in [-0.2, 0) is 19.1 Å². The molecule has 2 atom stereocenters. The number of benzene rings is 1. The van der Waals surface area contributed by atoms with E-state index in [0.29, 0.717) is 19.4 Å². The van der Waals surface area contributed by atoms with Gasteiger partial charge in [0.15, 0.2) is 5.78 Å². The quantitative estimate of drug-likeness (QED) is 0.596. The molecule has 124 valence electrons. The van der Waals surface area contributed by atoms with Gasteiger partial charge in [-0.25, -0.2) is 0 Å². The number of allylic oxidation sites excluding steroid dienone is 1. The third-order valence-corrected chi connectivity index (χ3v) is 3.91. The van der Waals surface area contributed by atoms with Crippen molar-refractivity contribution in [2.45, 2.75) is 25.4 Å². The van der Waals surface area contributed by atoms with E-state index in [0.717, 1.165) is 11.3 Å². The Balaban J connectivity index is 1.85. The lowest BCUT2D eigenvalue weighted by Crippen LogP contribution is -2.32. The lowest BCUT2D eigenvalue weighted by Gasteiger charge is -2.27. The van der Waals surface area contributed by atoms with E-state index in [4.69, 9.17) is 14.2 Å². The number of ether oxygens (including phenoxy) is 3. The van der Waals surface area contributed by atoms with E-state index in [9.17, 15) is 9.59 Å². The molecule has 1 aliphatic rings. The van der Waals surface area contributed by atoms with Gasteiger partial charge in [-0.2, -0.15) is 0 Å². The third-order valence-electron chi connectivity index (χ3n) is 3.91. The maximum atomic E-state index is 12.0. The monoisotopic (exact) mass is 318 g/mol. The van der Waals surface area contributed by atoms with Gasteiger partial charge in [-0.15, -0.1) is 0 Å². The molecule has 2 rings (SSSR count). The second-order valence-electron chi connectivity index (χ2n) is 5.51. The molecular weight excluding hydrogens is 296 g/mol. The smallest absolute Gasteiger partial charge is 0.308 e. The average molecular weight is 318 g/mol. The molecule has 23 heavy (non-hydrogen) atoms. The normalized spacial score (nSPS) is 21.1. The van der Waals surface area contributed by atoms with Gasteiger partial charge >= 0.3 is 5.97 Å². The summed E-state index contributed by atoms with van der Waals surface area (Å²) in [5.74, 6) is 0.367. The number of hydrogen-bond donors (Lipinski definition) is 0. The predicted octanol–water partition coefficient (Wildman–Crippen LogP) is 2.64. The first kappa shape index (κ1) is 17.2. The fourth-order valence-electron chi connectivity index (χ4n) is 2.60. The third kappa shape index (κ3) is 5.21. The second kappa shape index (κ2) is 8.48. The Hall–Kier alpha value is -2.14. The number of ketones is 1. The van der Waals surface area contributed by atoms with Crippen LogP contribution in [0.2, 0.25) is 0 Å². The van der Waals surface area contributed by atoms with Crippen molar-refractivity contribution in [1.29, 1.82) is 0 Å². The standard InChI is InChI=1S/C18H22O5/c1-21-16-7-4-13(5-8-16)3-6-15(19)12-17-11-14(9-10-23-17)18(20)22-2/h3-8,14,17H,9-12H2,1-2H3/b6-3+. The number of rotatable bonds is 6. The number of carbonyl (C=O) groups is 2. The molecule has 1 saturated heterocycles. The zero-order valence-corrected chi connectivity index (χ0v) is 13.5. The van der Waals surface area contributed by atoms with E-state index >= 15 is 0 Å². The molecule has 0 radical (unpaired) electrons. The molecule has 0 aromatic heterocycles. The van der Waals surface area contributed by atoms with Crippen LogP contribution in [0, 0.1) is 5.92 Å². The van der Waals surface area contributed by atoms with Crippen molar-refractivity contribution in [1.82, 2.24) is 0 Å². The van der Waals surface area contributed by atoms with E-state index in [1.165, 1.54) is 7.11 Å². The van der Waals surface area contributed by atoms with Crippen molar-refractivity contribution in [2.24, 2.45) is 5.92 Å². The molecule has 2 unspecified atom stereocenters. The van der Waals surface area contributed by atoms with Crippen LogP contribution in [0.4, 0.5) is 0 Å². The Bertz CT molecular complexity index is 561. The molecule has 5 heteroatoms. The molecule has 1 fully saturated rings. The first-order valence-corrected chi connectivity index (χ1v) is 7.66. The van der Waals surface area contributed by atoms with E-state index < -0.39 is 0 Å². The number of hydrogen-bond acceptors (Lipinski definition) is 5. The van der Waals surface area contributed by atoms with Crippen molar-refractivity contribution in [3.05, 3.63) is 35.9 Å². The Morgan fingerprint density at radius 3 is 2.65 bits per heavy atom. The molecule has 0 bridgehead atoms. The lowest BCUT2D eigenvalue weighted by molar-refractivity contribution is -0.151. The maximum Gasteiger partial charge on any atom is 0.308 e. The van der Waals surface area contributed by atoms with E-state index in [1.54, 1.807) is 19.3 Å². The topological polar surface area (TPSA) is 61.8 Å². The zero-order valence-electron chi connectivity index (χ0n) is 13.5. The average Bonchev–Trinajstić information content (AvgIpc) is 2.60. The minimum absolute atomic E-state index is 0.0173. The highest BCUT2D eigenvalue weighted by atomic mass is 16.5.